The van der Waals surface area contributed by atoms with Crippen LogP contribution in [0.25, 0.3) is 0 Å². The lowest BCUT2D eigenvalue weighted by molar-refractivity contribution is 0.0879. The lowest BCUT2D eigenvalue weighted by Crippen LogP contribution is -2.51. The van der Waals surface area contributed by atoms with Gasteiger partial charge in [0, 0.05) is 35.8 Å². The lowest BCUT2D eigenvalue weighted by Gasteiger charge is -2.35. The first-order valence-corrected chi connectivity index (χ1v) is 10.7. The fraction of sp³-hybridized carbons (Fsp3) is 0.409. The summed E-state index contributed by atoms with van der Waals surface area (Å²) in [5.74, 6) is 1.26. The smallest absolute Gasteiger partial charge is 0.251 e. The maximum atomic E-state index is 12.6. The predicted molar refractivity (Wildman–Crippen MR) is 113 cm³/mol. The molecule has 0 aliphatic carbocycles. The van der Waals surface area contributed by atoms with E-state index in [1.54, 1.807) is 18.2 Å². The minimum Gasteiger partial charge on any atom is -0.454 e. The predicted octanol–water partition coefficient (Wildman–Crippen LogP) is 2.83. The Hall–Kier alpha value is -2.32. The molecule has 2 aromatic rings. The molecule has 2 saturated heterocycles. The Bertz CT molecular complexity index is 915. The number of ether oxygens (including phenoxy) is 2. The highest BCUT2D eigenvalue weighted by molar-refractivity contribution is 6.30. The van der Waals surface area contributed by atoms with Crippen LogP contribution in [0.15, 0.2) is 42.5 Å². The molecule has 0 spiro atoms. The number of piperidine rings is 1. The molecule has 3 heterocycles. The van der Waals surface area contributed by atoms with Crippen molar-refractivity contribution in [3.05, 3.63) is 58.6 Å². The first-order valence-electron chi connectivity index (χ1n) is 10.4. The minimum atomic E-state index is -0.0600. The van der Waals surface area contributed by atoms with Gasteiger partial charge in [0.05, 0.1) is 6.17 Å². The molecule has 0 aromatic heterocycles. The second-order valence-corrected chi connectivity index (χ2v) is 8.43. The minimum absolute atomic E-state index is 0.0600. The normalized spacial score (nSPS) is 24.2. The molecule has 2 fully saturated rings. The molecule has 3 aliphatic heterocycles. The summed E-state index contributed by atoms with van der Waals surface area (Å²) in [6.45, 7) is 2.10. The molecule has 0 saturated carbocycles. The van der Waals surface area contributed by atoms with E-state index in [-0.39, 0.29) is 30.9 Å². The van der Waals surface area contributed by atoms with Gasteiger partial charge in [-0.3, -0.25) is 9.69 Å². The molecule has 158 valence electrons. The van der Waals surface area contributed by atoms with Crippen molar-refractivity contribution >= 4 is 17.5 Å². The third kappa shape index (κ3) is 4.11. The Morgan fingerprint density at radius 1 is 1.03 bits per heavy atom. The summed E-state index contributed by atoms with van der Waals surface area (Å²) < 4.78 is 10.7. The summed E-state index contributed by atoms with van der Waals surface area (Å²) in [4.78, 5) is 15.1. The van der Waals surface area contributed by atoms with Crippen LogP contribution in [0.5, 0.6) is 11.5 Å². The van der Waals surface area contributed by atoms with E-state index in [4.69, 9.17) is 21.1 Å². The average molecular weight is 429 g/mol. The van der Waals surface area contributed by atoms with Gasteiger partial charge in [-0.25, -0.2) is 10.9 Å². The molecular weight excluding hydrogens is 404 g/mol. The SMILES string of the molecule is O=C(NC1CCN(C2CC(c3ccc(Cl)cc3)NN2)CC1)c1ccc2c(c1)OCO2. The van der Waals surface area contributed by atoms with Gasteiger partial charge in [0.1, 0.15) is 0 Å². The van der Waals surface area contributed by atoms with Crippen molar-refractivity contribution in [1.82, 2.24) is 21.1 Å². The van der Waals surface area contributed by atoms with Gasteiger partial charge in [-0.1, -0.05) is 23.7 Å². The molecule has 2 unspecified atom stereocenters. The van der Waals surface area contributed by atoms with Crippen LogP contribution in [0.3, 0.4) is 0 Å². The number of carbonyl (C=O) groups is 1. The van der Waals surface area contributed by atoms with Crippen LogP contribution in [-0.2, 0) is 0 Å². The van der Waals surface area contributed by atoms with Crippen molar-refractivity contribution < 1.29 is 14.3 Å². The van der Waals surface area contributed by atoms with Crippen LogP contribution in [0, 0.1) is 0 Å². The fourth-order valence-corrected chi connectivity index (χ4v) is 4.48. The molecule has 7 nitrogen and oxygen atoms in total. The van der Waals surface area contributed by atoms with Gasteiger partial charge in [0.25, 0.3) is 5.91 Å². The number of halogens is 1. The van der Waals surface area contributed by atoms with Gasteiger partial charge < -0.3 is 14.8 Å². The van der Waals surface area contributed by atoms with Crippen molar-refractivity contribution in [3.8, 4) is 11.5 Å². The fourth-order valence-electron chi connectivity index (χ4n) is 4.35. The number of nitrogens with zero attached hydrogens (tertiary/aromatic N) is 1. The molecule has 2 atom stereocenters. The van der Waals surface area contributed by atoms with Crippen LogP contribution in [0.2, 0.25) is 5.02 Å². The topological polar surface area (TPSA) is 74.9 Å². The monoisotopic (exact) mass is 428 g/mol. The molecule has 8 heteroatoms. The third-order valence-corrected chi connectivity index (χ3v) is 6.35. The Labute approximate surface area is 180 Å². The number of benzene rings is 2. The number of carbonyl (C=O) groups excluding carboxylic acids is 1. The Morgan fingerprint density at radius 3 is 2.60 bits per heavy atom. The number of rotatable bonds is 4. The van der Waals surface area contributed by atoms with Crippen LogP contribution < -0.4 is 25.6 Å². The number of hydrazine groups is 1. The van der Waals surface area contributed by atoms with E-state index in [1.807, 2.05) is 12.1 Å². The zero-order valence-electron chi connectivity index (χ0n) is 16.6. The Morgan fingerprint density at radius 2 is 1.80 bits per heavy atom. The second kappa shape index (κ2) is 8.43. The standard InChI is InChI=1S/C22H25ClN4O3/c23-16-4-1-14(2-5-16)18-12-21(26-25-18)27-9-7-17(8-10-27)24-22(28)15-3-6-19-20(11-15)30-13-29-19/h1-6,11,17-18,21,25-26H,7-10,12-13H2,(H,24,28). The molecule has 5 rings (SSSR count). The largest absolute Gasteiger partial charge is 0.454 e. The van der Waals surface area contributed by atoms with Gasteiger partial charge >= 0.3 is 0 Å². The quantitative estimate of drug-likeness (QED) is 0.695. The maximum Gasteiger partial charge on any atom is 0.251 e. The van der Waals surface area contributed by atoms with E-state index in [9.17, 15) is 4.79 Å². The molecule has 2 aromatic carbocycles. The average Bonchev–Trinajstić information content (AvgIpc) is 3.44. The van der Waals surface area contributed by atoms with E-state index in [0.717, 1.165) is 37.4 Å². The molecule has 3 N–H and O–H groups in total. The molecule has 0 bridgehead atoms. The van der Waals surface area contributed by atoms with E-state index >= 15 is 0 Å². The maximum absolute atomic E-state index is 12.6. The van der Waals surface area contributed by atoms with E-state index in [2.05, 4.69) is 33.2 Å². The van der Waals surface area contributed by atoms with Crippen LogP contribution in [0.4, 0.5) is 0 Å². The summed E-state index contributed by atoms with van der Waals surface area (Å²) >= 11 is 6.00. The van der Waals surface area contributed by atoms with Crippen molar-refractivity contribution in [1.29, 1.82) is 0 Å². The van der Waals surface area contributed by atoms with E-state index < -0.39 is 0 Å². The molecule has 30 heavy (non-hydrogen) atoms. The summed E-state index contributed by atoms with van der Waals surface area (Å²) in [6, 6.07) is 13.8. The second-order valence-electron chi connectivity index (χ2n) is 8.00. The highest BCUT2D eigenvalue weighted by atomic mass is 35.5. The molecule has 1 amide bonds. The molecule has 0 radical (unpaired) electrons. The first kappa shape index (κ1) is 19.6. The van der Waals surface area contributed by atoms with Gasteiger partial charge in [-0.15, -0.1) is 0 Å². The van der Waals surface area contributed by atoms with Crippen LogP contribution in [0.1, 0.15) is 41.2 Å². The van der Waals surface area contributed by atoms with Crippen molar-refractivity contribution in [3.63, 3.8) is 0 Å². The summed E-state index contributed by atoms with van der Waals surface area (Å²) in [5.41, 5.74) is 8.67. The number of hydrogen-bond acceptors (Lipinski definition) is 6. The molecule has 3 aliphatic rings. The Kier molecular flexibility index (Phi) is 5.52. The van der Waals surface area contributed by atoms with Gasteiger partial charge in [-0.2, -0.15) is 0 Å². The zero-order valence-corrected chi connectivity index (χ0v) is 17.3. The van der Waals surface area contributed by atoms with E-state index in [0.29, 0.717) is 17.1 Å². The van der Waals surface area contributed by atoms with Crippen molar-refractivity contribution in [2.24, 2.45) is 0 Å². The van der Waals surface area contributed by atoms with Gasteiger partial charge in [0.15, 0.2) is 11.5 Å². The number of hydrogen-bond donors (Lipinski definition) is 3. The third-order valence-electron chi connectivity index (χ3n) is 6.10. The van der Waals surface area contributed by atoms with Crippen LogP contribution in [-0.4, -0.2) is 42.9 Å². The Balaban J connectivity index is 1.11. The summed E-state index contributed by atoms with van der Waals surface area (Å²) in [5, 5.41) is 3.92. The number of likely N-dealkylation sites (tertiary alicyclic amines) is 1. The highest BCUT2D eigenvalue weighted by Gasteiger charge is 2.32. The van der Waals surface area contributed by atoms with Gasteiger partial charge in [-0.05, 0) is 55.2 Å². The van der Waals surface area contributed by atoms with Crippen LogP contribution >= 0.6 is 11.6 Å². The number of nitrogens with one attached hydrogen (secondary N) is 3. The van der Waals surface area contributed by atoms with Gasteiger partial charge in [0.2, 0.25) is 6.79 Å². The van der Waals surface area contributed by atoms with Crippen molar-refractivity contribution in [2.45, 2.75) is 37.5 Å². The van der Waals surface area contributed by atoms with E-state index in [1.165, 1.54) is 5.56 Å². The summed E-state index contributed by atoms with van der Waals surface area (Å²) in [6.07, 6.45) is 3.15. The summed E-state index contributed by atoms with van der Waals surface area (Å²) in [7, 11) is 0. The first-order chi connectivity index (χ1) is 14.7. The lowest BCUT2D eigenvalue weighted by atomic mass is 10.0. The zero-order chi connectivity index (χ0) is 20.5. The van der Waals surface area contributed by atoms with Crippen molar-refractivity contribution in [2.75, 3.05) is 19.9 Å². The molecular formula is C22H25ClN4O3. The highest BCUT2D eigenvalue weighted by Crippen LogP contribution is 2.32. The number of fused-ring (bicyclic) bond motifs is 1. The number of amides is 1.